The monoisotopic (exact) mass is 261 g/mol. The van der Waals surface area contributed by atoms with Crippen LogP contribution in [0.2, 0.25) is 0 Å². The quantitative estimate of drug-likeness (QED) is 0.771. The van der Waals surface area contributed by atoms with Crippen LogP contribution in [0.4, 0.5) is 13.2 Å². The first-order valence-electron chi connectivity index (χ1n) is 5.43. The highest BCUT2D eigenvalue weighted by Crippen LogP contribution is 2.51. The number of aliphatic hydroxyl groups excluding tert-OH is 1. The predicted molar refractivity (Wildman–Crippen MR) is 52.4 cm³/mol. The van der Waals surface area contributed by atoms with Crippen molar-refractivity contribution in [1.82, 2.24) is 4.98 Å². The fourth-order valence-corrected chi connectivity index (χ4v) is 2.41. The van der Waals surface area contributed by atoms with E-state index in [1.165, 1.54) is 12.4 Å². The number of halogens is 3. The molecule has 18 heavy (non-hydrogen) atoms. The normalized spacial score (nSPS) is 35.1. The van der Waals surface area contributed by atoms with Crippen molar-refractivity contribution in [2.24, 2.45) is 0 Å². The molecular formula is C11H10F3NO3. The number of fused-ring (bicyclic) bond motifs is 2. The lowest BCUT2D eigenvalue weighted by Gasteiger charge is -2.24. The molecule has 3 unspecified atom stereocenters. The molecule has 2 heterocycles. The first-order valence-corrected chi connectivity index (χ1v) is 5.43. The summed E-state index contributed by atoms with van der Waals surface area (Å²) in [6.07, 6.45) is -4.52. The number of nitrogens with zero attached hydrogens (tertiary/aromatic N) is 1. The first kappa shape index (κ1) is 11.9. The number of hydrogen-bond donors (Lipinski definition) is 1. The van der Waals surface area contributed by atoms with Gasteiger partial charge in [-0.2, -0.15) is 13.2 Å². The van der Waals surface area contributed by atoms with E-state index in [4.69, 9.17) is 9.47 Å². The van der Waals surface area contributed by atoms with Gasteiger partial charge in [0.05, 0.1) is 12.7 Å². The predicted octanol–water partition coefficient (Wildman–Crippen LogP) is 1.65. The van der Waals surface area contributed by atoms with Crippen LogP contribution in [0.25, 0.3) is 0 Å². The molecule has 1 aliphatic heterocycles. The molecule has 3 atom stereocenters. The average molecular weight is 261 g/mol. The Hall–Kier alpha value is -1.18. The zero-order valence-corrected chi connectivity index (χ0v) is 9.15. The van der Waals surface area contributed by atoms with Gasteiger partial charge in [-0.1, -0.05) is 0 Å². The lowest BCUT2D eigenvalue weighted by atomic mass is 10.1. The van der Waals surface area contributed by atoms with E-state index in [1.54, 1.807) is 6.07 Å². The maximum absolute atomic E-state index is 12.6. The maximum Gasteiger partial charge on any atom is 0.417 e. The Morgan fingerprint density at radius 3 is 2.89 bits per heavy atom. The van der Waals surface area contributed by atoms with Crippen LogP contribution in [0.1, 0.15) is 23.7 Å². The minimum absolute atomic E-state index is 0.0411. The Kier molecular flexibility index (Phi) is 2.42. The third-order valence-corrected chi connectivity index (χ3v) is 3.25. The number of hydrogen-bond acceptors (Lipinski definition) is 4. The fraction of sp³-hybridized carbons (Fsp3) is 0.545. The van der Waals surface area contributed by atoms with Gasteiger partial charge in [-0.05, 0) is 11.6 Å². The molecule has 1 spiro atoms. The SMILES string of the molecule is OC1CC2(OCC(C(F)(F)F)O2)c2cnccc21. The van der Waals surface area contributed by atoms with Gasteiger partial charge in [-0.15, -0.1) is 0 Å². The Morgan fingerprint density at radius 2 is 2.22 bits per heavy atom. The van der Waals surface area contributed by atoms with Crippen LogP contribution < -0.4 is 0 Å². The van der Waals surface area contributed by atoms with E-state index in [2.05, 4.69) is 4.98 Å². The molecule has 7 heteroatoms. The summed E-state index contributed by atoms with van der Waals surface area (Å²) in [5.74, 6) is -1.51. The van der Waals surface area contributed by atoms with Gasteiger partial charge in [0, 0.05) is 24.4 Å². The van der Waals surface area contributed by atoms with E-state index in [9.17, 15) is 18.3 Å². The third-order valence-electron chi connectivity index (χ3n) is 3.25. The van der Waals surface area contributed by atoms with E-state index in [-0.39, 0.29) is 6.42 Å². The highest BCUT2D eigenvalue weighted by molar-refractivity contribution is 5.35. The molecule has 0 saturated carbocycles. The van der Waals surface area contributed by atoms with Crippen molar-refractivity contribution in [3.63, 3.8) is 0 Å². The average Bonchev–Trinajstić information content (AvgIpc) is 2.84. The van der Waals surface area contributed by atoms with Crippen LogP contribution in [-0.2, 0) is 15.3 Å². The molecule has 1 aromatic heterocycles. The highest BCUT2D eigenvalue weighted by Gasteiger charge is 2.57. The number of aromatic nitrogens is 1. The Morgan fingerprint density at radius 1 is 1.44 bits per heavy atom. The van der Waals surface area contributed by atoms with Crippen molar-refractivity contribution in [2.45, 2.75) is 30.6 Å². The molecule has 2 aliphatic rings. The van der Waals surface area contributed by atoms with Gasteiger partial charge in [0.25, 0.3) is 0 Å². The second kappa shape index (κ2) is 3.66. The largest absolute Gasteiger partial charge is 0.417 e. The van der Waals surface area contributed by atoms with Gasteiger partial charge >= 0.3 is 6.18 Å². The minimum atomic E-state index is -4.47. The zero-order chi connectivity index (χ0) is 13.0. The van der Waals surface area contributed by atoms with E-state index >= 15 is 0 Å². The summed E-state index contributed by atoms with van der Waals surface area (Å²) in [6, 6.07) is 1.56. The molecule has 0 aromatic carbocycles. The summed E-state index contributed by atoms with van der Waals surface area (Å²) in [5, 5.41) is 9.83. The van der Waals surface area contributed by atoms with Crippen molar-refractivity contribution in [3.8, 4) is 0 Å². The van der Waals surface area contributed by atoms with Crippen molar-refractivity contribution >= 4 is 0 Å². The van der Waals surface area contributed by atoms with Gasteiger partial charge < -0.3 is 14.6 Å². The Labute approximate surface area is 100 Å². The van der Waals surface area contributed by atoms with Crippen LogP contribution >= 0.6 is 0 Å². The van der Waals surface area contributed by atoms with Crippen LogP contribution in [0.5, 0.6) is 0 Å². The Bertz CT molecular complexity index is 479. The van der Waals surface area contributed by atoms with Crippen LogP contribution in [-0.4, -0.2) is 29.0 Å². The fourth-order valence-electron chi connectivity index (χ4n) is 2.41. The van der Waals surface area contributed by atoms with Crippen LogP contribution in [0, 0.1) is 0 Å². The van der Waals surface area contributed by atoms with E-state index in [0.717, 1.165) is 0 Å². The molecule has 0 radical (unpaired) electrons. The first-order chi connectivity index (χ1) is 8.42. The lowest BCUT2D eigenvalue weighted by Crippen LogP contribution is -2.33. The summed E-state index contributed by atoms with van der Waals surface area (Å²) in [7, 11) is 0. The van der Waals surface area contributed by atoms with Crippen molar-refractivity contribution in [3.05, 3.63) is 29.6 Å². The number of aliphatic hydroxyl groups is 1. The smallest absolute Gasteiger partial charge is 0.388 e. The number of ether oxygens (including phenoxy) is 2. The standard InChI is InChI=1S/C11H10F3NO3/c12-11(13,14)9-5-17-10(18-9)3-8(16)6-1-2-15-4-7(6)10/h1-2,4,8-9,16H,3,5H2. The minimum Gasteiger partial charge on any atom is -0.388 e. The molecule has 98 valence electrons. The summed E-state index contributed by atoms with van der Waals surface area (Å²) in [4.78, 5) is 3.84. The number of pyridine rings is 1. The molecule has 0 bridgehead atoms. The molecule has 1 N–H and O–H groups in total. The summed E-state index contributed by atoms with van der Waals surface area (Å²) >= 11 is 0. The van der Waals surface area contributed by atoms with Gasteiger partial charge in [-0.3, -0.25) is 4.98 Å². The Balaban J connectivity index is 1.96. The zero-order valence-electron chi connectivity index (χ0n) is 9.15. The van der Waals surface area contributed by atoms with Crippen LogP contribution in [0.15, 0.2) is 18.5 Å². The molecule has 1 saturated heterocycles. The number of rotatable bonds is 0. The summed E-state index contributed by atoms with van der Waals surface area (Å²) < 4.78 is 48.0. The van der Waals surface area contributed by atoms with Gasteiger partial charge in [-0.25, -0.2) is 0 Å². The van der Waals surface area contributed by atoms with E-state index < -0.39 is 30.8 Å². The summed E-state index contributed by atoms with van der Waals surface area (Å²) in [6.45, 7) is -0.565. The lowest BCUT2D eigenvalue weighted by molar-refractivity contribution is -0.249. The second-order valence-electron chi connectivity index (χ2n) is 4.39. The maximum atomic E-state index is 12.6. The third kappa shape index (κ3) is 1.62. The van der Waals surface area contributed by atoms with E-state index in [1.807, 2.05) is 0 Å². The van der Waals surface area contributed by atoms with Gasteiger partial charge in [0.15, 0.2) is 11.9 Å². The molecule has 0 amide bonds. The highest BCUT2D eigenvalue weighted by atomic mass is 19.4. The second-order valence-corrected chi connectivity index (χ2v) is 4.39. The summed E-state index contributed by atoms with van der Waals surface area (Å²) in [5.41, 5.74) is 0.886. The van der Waals surface area contributed by atoms with Crippen molar-refractivity contribution in [2.75, 3.05) is 6.61 Å². The van der Waals surface area contributed by atoms with Gasteiger partial charge in [0.1, 0.15) is 0 Å². The van der Waals surface area contributed by atoms with Crippen molar-refractivity contribution < 1.29 is 27.8 Å². The molecule has 1 aliphatic carbocycles. The van der Waals surface area contributed by atoms with E-state index in [0.29, 0.717) is 11.1 Å². The molecule has 3 rings (SSSR count). The van der Waals surface area contributed by atoms with Crippen molar-refractivity contribution in [1.29, 1.82) is 0 Å². The molecule has 1 aromatic rings. The molecule has 1 fully saturated rings. The number of alkyl halides is 3. The topological polar surface area (TPSA) is 51.6 Å². The molecule has 4 nitrogen and oxygen atoms in total. The van der Waals surface area contributed by atoms with Gasteiger partial charge in [0.2, 0.25) is 0 Å². The molecular weight excluding hydrogens is 251 g/mol. The van der Waals surface area contributed by atoms with Crippen LogP contribution in [0.3, 0.4) is 0 Å².